The van der Waals surface area contributed by atoms with Crippen LogP contribution in [0.5, 0.6) is 0 Å². The van der Waals surface area contributed by atoms with Crippen molar-refractivity contribution in [1.29, 1.82) is 0 Å². The van der Waals surface area contributed by atoms with Gasteiger partial charge in [0, 0.05) is 0 Å². The minimum atomic E-state index is -4.58. The third-order valence-corrected chi connectivity index (χ3v) is 2.80. The zero-order valence-corrected chi connectivity index (χ0v) is 10.8. The molecule has 20 heavy (non-hydrogen) atoms. The van der Waals surface area contributed by atoms with E-state index in [1.807, 2.05) is 0 Å². The molecule has 10 heteroatoms. The van der Waals surface area contributed by atoms with E-state index in [1.165, 1.54) is 6.92 Å². The van der Waals surface area contributed by atoms with E-state index in [0.29, 0.717) is 0 Å². The van der Waals surface area contributed by atoms with E-state index in [2.05, 4.69) is 15.4 Å². The first kappa shape index (κ1) is 14.4. The number of halogens is 4. The van der Waals surface area contributed by atoms with E-state index in [0.717, 1.165) is 16.8 Å². The molecule has 0 saturated carbocycles. The first-order chi connectivity index (χ1) is 9.18. The second kappa shape index (κ2) is 4.82. The molecule has 0 aliphatic carbocycles. The molecule has 0 fully saturated rings. The Labute approximate surface area is 115 Å². The van der Waals surface area contributed by atoms with Gasteiger partial charge in [-0.1, -0.05) is 11.6 Å². The van der Waals surface area contributed by atoms with E-state index in [-0.39, 0.29) is 11.6 Å². The van der Waals surface area contributed by atoms with Gasteiger partial charge in [0.1, 0.15) is 6.04 Å². The van der Waals surface area contributed by atoms with E-state index < -0.39 is 28.7 Å². The van der Waals surface area contributed by atoms with Crippen LogP contribution in [0.2, 0.25) is 5.02 Å². The number of nitrogens with one attached hydrogen (secondary N) is 1. The lowest BCUT2D eigenvalue weighted by Gasteiger charge is -2.07. The third kappa shape index (κ3) is 2.77. The molecule has 0 aliphatic heterocycles. The van der Waals surface area contributed by atoms with Crippen molar-refractivity contribution in [2.24, 2.45) is 5.73 Å². The number of carbonyl (C=O) groups is 1. The largest absolute Gasteiger partial charge is 0.418 e. The Bertz CT molecular complexity index is 669. The number of pyridine rings is 1. The summed E-state index contributed by atoms with van der Waals surface area (Å²) in [5.41, 5.74) is 3.99. The van der Waals surface area contributed by atoms with Gasteiger partial charge in [-0.15, -0.1) is 5.10 Å². The summed E-state index contributed by atoms with van der Waals surface area (Å²) < 4.78 is 39.1. The molecule has 1 atom stereocenters. The molecule has 2 rings (SSSR count). The predicted octanol–water partition coefficient (Wildman–Crippen LogP) is 1.69. The number of primary amides is 1. The molecule has 3 N–H and O–H groups in total. The molecule has 0 aliphatic rings. The summed E-state index contributed by atoms with van der Waals surface area (Å²) in [7, 11) is 0. The molecule has 1 unspecified atom stereocenters. The lowest BCUT2D eigenvalue weighted by atomic mass is 10.2. The van der Waals surface area contributed by atoms with E-state index in [1.54, 1.807) is 0 Å². The van der Waals surface area contributed by atoms with Crippen LogP contribution in [0.15, 0.2) is 12.3 Å². The van der Waals surface area contributed by atoms with Crippen molar-refractivity contribution < 1.29 is 18.0 Å². The number of hydrogen-bond donors (Lipinski definition) is 2. The van der Waals surface area contributed by atoms with E-state index in [4.69, 9.17) is 17.3 Å². The molecule has 0 radical (unpaired) electrons. The number of carbonyl (C=O) groups excluding carboxylic acids is 1. The maximum atomic E-state index is 12.7. The normalized spacial score (nSPS) is 13.4. The Balaban J connectivity index is 2.42. The molecule has 6 nitrogen and oxygen atoms in total. The second-order valence-corrected chi connectivity index (χ2v) is 4.45. The van der Waals surface area contributed by atoms with Crippen LogP contribution in [-0.4, -0.2) is 26.5 Å². The highest BCUT2D eigenvalue weighted by Crippen LogP contribution is 2.35. The summed E-state index contributed by atoms with van der Waals surface area (Å²) in [4.78, 5) is 14.7. The second-order valence-electron chi connectivity index (χ2n) is 4.04. The summed E-state index contributed by atoms with van der Waals surface area (Å²) >= 11 is 5.55. The summed E-state index contributed by atoms with van der Waals surface area (Å²) in [6.45, 7) is 1.47. The van der Waals surface area contributed by atoms with Gasteiger partial charge in [0.25, 0.3) is 0 Å². The number of fused-ring (bicyclic) bond motifs is 1. The monoisotopic (exact) mass is 307 g/mol. The number of nitrogens with two attached hydrogens (primary N) is 1. The van der Waals surface area contributed by atoms with Crippen LogP contribution in [0.3, 0.4) is 0 Å². The molecular weight excluding hydrogens is 299 g/mol. The Kier molecular flexibility index (Phi) is 3.46. The van der Waals surface area contributed by atoms with Crippen molar-refractivity contribution in [2.45, 2.75) is 19.1 Å². The summed E-state index contributed by atoms with van der Waals surface area (Å²) in [5.74, 6) is -0.662. The molecule has 0 saturated heterocycles. The average Bonchev–Trinajstić information content (AvgIpc) is 2.67. The highest BCUT2D eigenvalue weighted by atomic mass is 35.5. The zero-order valence-electron chi connectivity index (χ0n) is 10.1. The van der Waals surface area contributed by atoms with Gasteiger partial charge < -0.3 is 11.1 Å². The van der Waals surface area contributed by atoms with Crippen LogP contribution in [0.4, 0.5) is 19.1 Å². The van der Waals surface area contributed by atoms with Crippen LogP contribution in [0.1, 0.15) is 12.5 Å². The Morgan fingerprint density at radius 2 is 2.20 bits per heavy atom. The molecule has 0 aromatic carbocycles. The van der Waals surface area contributed by atoms with Gasteiger partial charge >= 0.3 is 6.18 Å². The van der Waals surface area contributed by atoms with Gasteiger partial charge in [-0.05, 0) is 13.0 Å². The Hall–Kier alpha value is -2.03. The highest BCUT2D eigenvalue weighted by molar-refractivity contribution is 6.31. The van der Waals surface area contributed by atoms with Crippen molar-refractivity contribution in [2.75, 3.05) is 5.32 Å². The third-order valence-electron chi connectivity index (χ3n) is 2.50. The fourth-order valence-corrected chi connectivity index (χ4v) is 1.70. The maximum Gasteiger partial charge on any atom is 0.418 e. The molecule has 2 aromatic rings. The maximum absolute atomic E-state index is 12.7. The summed E-state index contributed by atoms with van der Waals surface area (Å²) in [6.07, 6.45) is -3.59. The summed E-state index contributed by atoms with van der Waals surface area (Å²) in [5, 5.41) is 5.92. The van der Waals surface area contributed by atoms with Gasteiger partial charge in [-0.2, -0.15) is 18.2 Å². The highest BCUT2D eigenvalue weighted by Gasteiger charge is 2.34. The first-order valence-electron chi connectivity index (χ1n) is 5.37. The number of anilines is 1. The minimum absolute atomic E-state index is 0.0216. The summed E-state index contributed by atoms with van der Waals surface area (Å²) in [6, 6.07) is 0.0140. The lowest BCUT2D eigenvalue weighted by molar-refractivity contribution is -0.137. The molecule has 0 bridgehead atoms. The molecule has 108 valence electrons. The Morgan fingerprint density at radius 3 is 2.75 bits per heavy atom. The van der Waals surface area contributed by atoms with Crippen LogP contribution < -0.4 is 11.1 Å². The van der Waals surface area contributed by atoms with Crippen molar-refractivity contribution in [3.63, 3.8) is 0 Å². The molecule has 2 aromatic heterocycles. The van der Waals surface area contributed by atoms with E-state index >= 15 is 0 Å². The van der Waals surface area contributed by atoms with Crippen molar-refractivity contribution in [3.05, 3.63) is 22.8 Å². The Morgan fingerprint density at radius 1 is 1.55 bits per heavy atom. The van der Waals surface area contributed by atoms with Gasteiger partial charge in [-0.25, -0.2) is 4.52 Å². The quantitative estimate of drug-likeness (QED) is 0.903. The number of aromatic nitrogens is 3. The standard InChI is InChI=1S/C10H9ClF3N5O/c1-4(8(15)20)16-9-17-7-2-5(10(12,13)14)6(11)3-19(7)18-9/h2-4H,1H3,(H2,15,20)(H,16,18). The van der Waals surface area contributed by atoms with Crippen LogP contribution >= 0.6 is 11.6 Å². The zero-order chi connectivity index (χ0) is 15.1. The van der Waals surface area contributed by atoms with Gasteiger partial charge in [0.05, 0.1) is 16.8 Å². The lowest BCUT2D eigenvalue weighted by Crippen LogP contribution is -2.32. The van der Waals surface area contributed by atoms with Gasteiger partial charge in [0.2, 0.25) is 11.9 Å². The first-order valence-corrected chi connectivity index (χ1v) is 5.75. The number of amides is 1. The predicted molar refractivity (Wildman–Crippen MR) is 65.3 cm³/mol. The molecule has 0 spiro atoms. The minimum Gasteiger partial charge on any atom is -0.368 e. The topological polar surface area (TPSA) is 85.3 Å². The fraction of sp³-hybridized carbons (Fsp3) is 0.300. The molecular formula is C10H9ClF3N5O. The number of hydrogen-bond acceptors (Lipinski definition) is 4. The van der Waals surface area contributed by atoms with Gasteiger partial charge in [0.15, 0.2) is 5.65 Å². The molecule has 2 heterocycles. The smallest absolute Gasteiger partial charge is 0.368 e. The van der Waals surface area contributed by atoms with Crippen LogP contribution in [-0.2, 0) is 11.0 Å². The number of alkyl halides is 3. The van der Waals surface area contributed by atoms with E-state index in [9.17, 15) is 18.0 Å². The fourth-order valence-electron chi connectivity index (χ4n) is 1.45. The van der Waals surface area contributed by atoms with Crippen molar-refractivity contribution in [1.82, 2.24) is 14.6 Å². The molecule has 1 amide bonds. The average molecular weight is 308 g/mol. The van der Waals surface area contributed by atoms with Crippen LogP contribution in [0.25, 0.3) is 5.65 Å². The van der Waals surface area contributed by atoms with Crippen molar-refractivity contribution in [3.8, 4) is 0 Å². The SMILES string of the molecule is CC(Nc1nc2cc(C(F)(F)F)c(Cl)cn2n1)C(N)=O. The number of nitrogens with zero attached hydrogens (tertiary/aromatic N) is 3. The van der Waals surface area contributed by atoms with Crippen molar-refractivity contribution >= 4 is 29.1 Å². The van der Waals surface area contributed by atoms with Gasteiger partial charge in [-0.3, -0.25) is 4.79 Å². The number of rotatable bonds is 3. The van der Waals surface area contributed by atoms with Crippen LogP contribution in [0, 0.1) is 0 Å².